The molecule has 6 heteroatoms. The number of amides is 1. The molecule has 0 unspecified atom stereocenters. The Balaban J connectivity index is 1.48. The zero-order valence-electron chi connectivity index (χ0n) is 16.9. The summed E-state index contributed by atoms with van der Waals surface area (Å²) in [4.78, 5) is 12.5. The minimum Gasteiger partial charge on any atom is -0.481 e. The summed E-state index contributed by atoms with van der Waals surface area (Å²) in [5.41, 5.74) is 2.82. The van der Waals surface area contributed by atoms with E-state index in [1.165, 1.54) is 6.42 Å². The number of nitrogens with zero attached hydrogens (tertiary/aromatic N) is 3. The van der Waals surface area contributed by atoms with Crippen LogP contribution in [0.15, 0.2) is 48.5 Å². The molecule has 1 N–H and O–H groups in total. The fraction of sp³-hybridized carbons (Fsp3) is 0.348. The number of aromatic nitrogens is 3. The van der Waals surface area contributed by atoms with Gasteiger partial charge in [-0.1, -0.05) is 30.7 Å². The summed E-state index contributed by atoms with van der Waals surface area (Å²) in [6.07, 6.45) is 3.87. The van der Waals surface area contributed by atoms with Gasteiger partial charge in [-0.05, 0) is 56.5 Å². The maximum atomic E-state index is 12.5. The predicted octanol–water partition coefficient (Wildman–Crippen LogP) is 4.39. The zero-order valence-corrected chi connectivity index (χ0v) is 16.9. The van der Waals surface area contributed by atoms with Crippen molar-refractivity contribution in [3.63, 3.8) is 0 Å². The van der Waals surface area contributed by atoms with E-state index >= 15 is 0 Å². The first-order valence-corrected chi connectivity index (χ1v) is 10.2. The van der Waals surface area contributed by atoms with Crippen molar-refractivity contribution in [3.8, 4) is 17.1 Å². The van der Waals surface area contributed by atoms with Gasteiger partial charge in [-0.3, -0.25) is 4.79 Å². The van der Waals surface area contributed by atoms with Gasteiger partial charge in [-0.2, -0.15) is 0 Å². The number of benzene rings is 2. The van der Waals surface area contributed by atoms with Crippen molar-refractivity contribution in [2.45, 2.75) is 52.2 Å². The average molecular weight is 390 g/mol. The molecule has 0 fully saturated rings. The highest BCUT2D eigenvalue weighted by Gasteiger charge is 2.18. The Morgan fingerprint density at radius 3 is 2.83 bits per heavy atom. The minimum absolute atomic E-state index is 0.183. The summed E-state index contributed by atoms with van der Waals surface area (Å²) in [6, 6.07) is 15.4. The molecule has 6 nitrogen and oxygen atoms in total. The number of ether oxygens (including phenoxy) is 1. The summed E-state index contributed by atoms with van der Waals surface area (Å²) in [7, 11) is 0. The van der Waals surface area contributed by atoms with E-state index in [-0.39, 0.29) is 5.91 Å². The molecule has 1 aliphatic heterocycles. The maximum absolute atomic E-state index is 12.5. The number of rotatable bonds is 5. The highest BCUT2D eigenvalue weighted by Crippen LogP contribution is 2.26. The van der Waals surface area contributed by atoms with Crippen molar-refractivity contribution in [1.29, 1.82) is 0 Å². The largest absolute Gasteiger partial charge is 0.481 e. The fourth-order valence-corrected chi connectivity index (χ4v) is 3.63. The smallest absolute Gasteiger partial charge is 0.265 e. The van der Waals surface area contributed by atoms with Crippen LogP contribution in [0.2, 0.25) is 0 Å². The molecule has 2 aromatic carbocycles. The number of carbonyl (C=O) groups excluding carboxylic acids is 1. The van der Waals surface area contributed by atoms with Crippen molar-refractivity contribution in [3.05, 3.63) is 59.9 Å². The van der Waals surface area contributed by atoms with E-state index in [4.69, 9.17) is 4.74 Å². The van der Waals surface area contributed by atoms with Crippen LogP contribution in [0.25, 0.3) is 11.4 Å². The van der Waals surface area contributed by atoms with Crippen LogP contribution in [0.4, 0.5) is 5.69 Å². The van der Waals surface area contributed by atoms with Gasteiger partial charge in [0, 0.05) is 24.2 Å². The standard InChI is InChI=1S/C23H26N4O2/c1-16-8-6-10-19(14-16)24-23(28)17(2)29-20-11-7-9-18(15-20)22-26-25-21-12-4-3-5-13-27(21)22/h6-11,14-15,17H,3-5,12-13H2,1-2H3,(H,24,28)/t17-/m1/s1. The van der Waals surface area contributed by atoms with E-state index in [2.05, 4.69) is 20.1 Å². The lowest BCUT2D eigenvalue weighted by molar-refractivity contribution is -0.122. The Hall–Kier alpha value is -3.15. The van der Waals surface area contributed by atoms with Gasteiger partial charge < -0.3 is 14.6 Å². The van der Waals surface area contributed by atoms with Crippen LogP contribution in [0.1, 0.15) is 37.6 Å². The van der Waals surface area contributed by atoms with Crippen LogP contribution in [-0.4, -0.2) is 26.8 Å². The normalized spacial score (nSPS) is 14.6. The molecule has 0 radical (unpaired) electrons. The molecule has 150 valence electrons. The number of fused-ring (bicyclic) bond motifs is 1. The van der Waals surface area contributed by atoms with Gasteiger partial charge in [0.05, 0.1) is 0 Å². The molecule has 0 spiro atoms. The molecule has 1 aromatic heterocycles. The first kappa shape index (κ1) is 19.2. The van der Waals surface area contributed by atoms with E-state index in [0.717, 1.165) is 54.3 Å². The Morgan fingerprint density at radius 2 is 1.97 bits per heavy atom. The van der Waals surface area contributed by atoms with Gasteiger partial charge in [0.25, 0.3) is 5.91 Å². The van der Waals surface area contributed by atoms with E-state index in [0.29, 0.717) is 5.75 Å². The third-order valence-corrected chi connectivity index (χ3v) is 5.17. The van der Waals surface area contributed by atoms with Gasteiger partial charge in [0.15, 0.2) is 11.9 Å². The summed E-state index contributed by atoms with van der Waals surface area (Å²) in [6.45, 7) is 4.69. The fourth-order valence-electron chi connectivity index (χ4n) is 3.63. The van der Waals surface area contributed by atoms with E-state index in [9.17, 15) is 4.79 Å². The Labute approximate surface area is 170 Å². The number of hydrogen-bond donors (Lipinski definition) is 1. The molecule has 3 aromatic rings. The Kier molecular flexibility index (Phi) is 5.60. The molecule has 2 heterocycles. The third kappa shape index (κ3) is 4.47. The maximum Gasteiger partial charge on any atom is 0.265 e. The van der Waals surface area contributed by atoms with Gasteiger partial charge in [-0.25, -0.2) is 0 Å². The van der Waals surface area contributed by atoms with Gasteiger partial charge in [0.2, 0.25) is 0 Å². The topological polar surface area (TPSA) is 69.0 Å². The molecule has 0 saturated heterocycles. The van der Waals surface area contributed by atoms with Crippen molar-refractivity contribution in [2.24, 2.45) is 0 Å². The predicted molar refractivity (Wildman–Crippen MR) is 113 cm³/mol. The van der Waals surface area contributed by atoms with Crippen molar-refractivity contribution < 1.29 is 9.53 Å². The molecule has 0 aliphatic carbocycles. The highest BCUT2D eigenvalue weighted by atomic mass is 16.5. The second kappa shape index (κ2) is 8.47. The van der Waals surface area contributed by atoms with E-state index in [1.54, 1.807) is 6.92 Å². The van der Waals surface area contributed by atoms with Crippen LogP contribution in [-0.2, 0) is 17.8 Å². The van der Waals surface area contributed by atoms with Gasteiger partial charge >= 0.3 is 0 Å². The van der Waals surface area contributed by atoms with Crippen molar-refractivity contribution in [2.75, 3.05) is 5.32 Å². The second-order valence-corrected chi connectivity index (χ2v) is 7.55. The second-order valence-electron chi connectivity index (χ2n) is 7.55. The Bertz CT molecular complexity index is 1010. The SMILES string of the molecule is Cc1cccc(NC(=O)[C@@H](C)Oc2cccc(-c3nnc4n3CCCCC4)c2)c1. The molecule has 4 rings (SSSR count). The summed E-state index contributed by atoms with van der Waals surface area (Å²) in [5.74, 6) is 2.37. The zero-order chi connectivity index (χ0) is 20.2. The Morgan fingerprint density at radius 1 is 1.10 bits per heavy atom. The molecular formula is C23H26N4O2. The van der Waals surface area contributed by atoms with E-state index in [1.807, 2.05) is 55.5 Å². The lowest BCUT2D eigenvalue weighted by Gasteiger charge is -2.16. The van der Waals surface area contributed by atoms with Crippen LogP contribution < -0.4 is 10.1 Å². The monoisotopic (exact) mass is 390 g/mol. The number of carbonyl (C=O) groups is 1. The number of hydrogen-bond acceptors (Lipinski definition) is 4. The molecule has 1 aliphatic rings. The molecule has 1 amide bonds. The van der Waals surface area contributed by atoms with Crippen LogP contribution >= 0.6 is 0 Å². The molecular weight excluding hydrogens is 364 g/mol. The summed E-state index contributed by atoms with van der Waals surface area (Å²) >= 11 is 0. The number of aryl methyl sites for hydroxylation is 2. The van der Waals surface area contributed by atoms with Gasteiger partial charge in [0.1, 0.15) is 11.6 Å². The van der Waals surface area contributed by atoms with E-state index < -0.39 is 6.10 Å². The minimum atomic E-state index is -0.624. The van der Waals surface area contributed by atoms with Crippen molar-refractivity contribution in [1.82, 2.24) is 14.8 Å². The number of anilines is 1. The molecule has 0 saturated carbocycles. The van der Waals surface area contributed by atoms with Gasteiger partial charge in [-0.15, -0.1) is 10.2 Å². The van der Waals surface area contributed by atoms with Crippen molar-refractivity contribution >= 4 is 11.6 Å². The lowest BCUT2D eigenvalue weighted by Crippen LogP contribution is -2.30. The highest BCUT2D eigenvalue weighted by molar-refractivity contribution is 5.94. The molecule has 0 bridgehead atoms. The van der Waals surface area contributed by atoms with Crippen LogP contribution in [0.3, 0.4) is 0 Å². The third-order valence-electron chi connectivity index (χ3n) is 5.17. The molecule has 1 atom stereocenters. The number of nitrogens with one attached hydrogen (secondary N) is 1. The summed E-state index contributed by atoms with van der Waals surface area (Å²) in [5, 5.41) is 11.7. The van der Waals surface area contributed by atoms with Crippen LogP contribution in [0.5, 0.6) is 5.75 Å². The summed E-state index contributed by atoms with van der Waals surface area (Å²) < 4.78 is 8.12. The first-order chi connectivity index (χ1) is 14.1. The molecule has 29 heavy (non-hydrogen) atoms. The van der Waals surface area contributed by atoms with Crippen LogP contribution in [0, 0.1) is 6.92 Å². The quantitative estimate of drug-likeness (QED) is 0.702. The lowest BCUT2D eigenvalue weighted by atomic mass is 10.2. The first-order valence-electron chi connectivity index (χ1n) is 10.2. The average Bonchev–Trinajstić information content (AvgIpc) is 2.96.